The second kappa shape index (κ2) is 3.67. The summed E-state index contributed by atoms with van der Waals surface area (Å²) in [6.07, 6.45) is 1.81. The number of nitrogens with two attached hydrogens (primary N) is 1. The number of nitrogen functional groups attached to an aromatic ring is 1. The quantitative estimate of drug-likeness (QED) is 0.743. The first kappa shape index (κ1) is 10.7. The number of hydrogen-bond donors (Lipinski definition) is 1. The van der Waals surface area contributed by atoms with Crippen LogP contribution in [0.2, 0.25) is 0 Å². The lowest BCUT2D eigenvalue weighted by Gasteiger charge is -2.22. The lowest BCUT2D eigenvalue weighted by molar-refractivity contribution is 0.360. The second-order valence-corrected chi connectivity index (χ2v) is 4.89. The molecule has 0 saturated heterocycles. The van der Waals surface area contributed by atoms with Crippen LogP contribution in [0.15, 0.2) is 36.5 Å². The second-order valence-electron chi connectivity index (χ2n) is 4.89. The first-order valence-electron chi connectivity index (χ1n) is 5.39. The van der Waals surface area contributed by atoms with E-state index >= 15 is 0 Å². The molecule has 1 aromatic carbocycles. The van der Waals surface area contributed by atoms with Gasteiger partial charge in [0.15, 0.2) is 0 Å². The summed E-state index contributed by atoms with van der Waals surface area (Å²) < 4.78 is 2.00. The molecule has 2 aromatic rings. The van der Waals surface area contributed by atoms with Gasteiger partial charge in [0.05, 0.1) is 11.2 Å². The van der Waals surface area contributed by atoms with Crippen LogP contribution in [-0.4, -0.2) is 9.78 Å². The maximum atomic E-state index is 5.98. The van der Waals surface area contributed by atoms with Gasteiger partial charge in [0.2, 0.25) is 0 Å². The Balaban J connectivity index is 2.58. The molecule has 0 atom stereocenters. The summed E-state index contributed by atoms with van der Waals surface area (Å²) in [5.74, 6) is 0. The Morgan fingerprint density at radius 1 is 1.12 bits per heavy atom. The zero-order valence-electron chi connectivity index (χ0n) is 9.94. The van der Waals surface area contributed by atoms with Gasteiger partial charge >= 0.3 is 0 Å². The molecule has 16 heavy (non-hydrogen) atoms. The van der Waals surface area contributed by atoms with Crippen molar-refractivity contribution in [2.75, 3.05) is 5.73 Å². The Hall–Kier alpha value is -1.77. The van der Waals surface area contributed by atoms with E-state index in [1.807, 2.05) is 41.2 Å². The Labute approximate surface area is 95.9 Å². The van der Waals surface area contributed by atoms with E-state index in [1.165, 1.54) is 0 Å². The predicted octanol–water partition coefficient (Wildman–Crippen LogP) is 2.89. The molecule has 1 heterocycles. The van der Waals surface area contributed by atoms with Gasteiger partial charge in [0.1, 0.15) is 0 Å². The number of rotatable bonds is 1. The minimum atomic E-state index is -0.0406. The van der Waals surface area contributed by atoms with Crippen molar-refractivity contribution in [1.82, 2.24) is 9.78 Å². The minimum Gasteiger partial charge on any atom is -0.398 e. The third kappa shape index (κ3) is 1.81. The van der Waals surface area contributed by atoms with Crippen LogP contribution in [0.5, 0.6) is 0 Å². The number of aromatic nitrogens is 2. The van der Waals surface area contributed by atoms with Crippen LogP contribution >= 0.6 is 0 Å². The van der Waals surface area contributed by atoms with Crippen LogP contribution in [0.4, 0.5) is 5.69 Å². The Bertz CT molecular complexity index is 492. The summed E-state index contributed by atoms with van der Waals surface area (Å²) in [6.45, 7) is 6.38. The van der Waals surface area contributed by atoms with Crippen LogP contribution in [0.3, 0.4) is 0 Å². The van der Waals surface area contributed by atoms with Gasteiger partial charge in [-0.15, -0.1) is 0 Å². The van der Waals surface area contributed by atoms with Crippen molar-refractivity contribution in [2.45, 2.75) is 26.3 Å². The predicted molar refractivity (Wildman–Crippen MR) is 67.1 cm³/mol. The Morgan fingerprint density at radius 2 is 1.81 bits per heavy atom. The zero-order chi connectivity index (χ0) is 11.8. The average Bonchev–Trinajstić information content (AvgIpc) is 2.66. The molecule has 1 aromatic heterocycles. The molecule has 0 spiro atoms. The van der Waals surface area contributed by atoms with Gasteiger partial charge in [-0.25, -0.2) is 0 Å². The molecule has 0 radical (unpaired) electrons. The van der Waals surface area contributed by atoms with Gasteiger partial charge in [-0.2, -0.15) is 5.10 Å². The third-order valence-electron chi connectivity index (χ3n) is 2.51. The highest BCUT2D eigenvalue weighted by Crippen LogP contribution is 2.28. The number of anilines is 1. The van der Waals surface area contributed by atoms with E-state index in [1.54, 1.807) is 0 Å². The van der Waals surface area contributed by atoms with Gasteiger partial charge < -0.3 is 5.73 Å². The van der Waals surface area contributed by atoms with Gasteiger partial charge in [-0.3, -0.25) is 4.68 Å². The first-order chi connectivity index (χ1) is 7.50. The van der Waals surface area contributed by atoms with Gasteiger partial charge in [-0.05, 0) is 32.9 Å². The molecule has 2 rings (SSSR count). The molecule has 0 saturated carbocycles. The molecule has 0 amide bonds. The number of para-hydroxylation sites is 1. The van der Waals surface area contributed by atoms with Crippen LogP contribution in [0.25, 0.3) is 11.3 Å². The Morgan fingerprint density at radius 3 is 2.44 bits per heavy atom. The van der Waals surface area contributed by atoms with Crippen LogP contribution in [-0.2, 0) is 5.54 Å². The topological polar surface area (TPSA) is 43.8 Å². The van der Waals surface area contributed by atoms with Crippen molar-refractivity contribution in [1.29, 1.82) is 0 Å². The molecule has 0 bridgehead atoms. The summed E-state index contributed by atoms with van der Waals surface area (Å²) in [6, 6.07) is 9.86. The number of benzene rings is 1. The third-order valence-corrected chi connectivity index (χ3v) is 2.51. The molecule has 3 heteroatoms. The van der Waals surface area contributed by atoms with E-state index in [2.05, 4.69) is 25.9 Å². The van der Waals surface area contributed by atoms with E-state index in [-0.39, 0.29) is 5.54 Å². The highest BCUT2D eigenvalue weighted by atomic mass is 15.3. The first-order valence-corrected chi connectivity index (χ1v) is 5.39. The molecule has 2 N–H and O–H groups in total. The van der Waals surface area contributed by atoms with Crippen LogP contribution in [0.1, 0.15) is 20.8 Å². The maximum absolute atomic E-state index is 5.98. The molecule has 0 aliphatic heterocycles. The summed E-state index contributed by atoms with van der Waals surface area (Å²) in [5.41, 5.74) is 8.83. The van der Waals surface area contributed by atoms with Crippen molar-refractivity contribution in [2.24, 2.45) is 0 Å². The minimum absolute atomic E-state index is 0.0406. The summed E-state index contributed by atoms with van der Waals surface area (Å²) in [7, 11) is 0. The lowest BCUT2D eigenvalue weighted by atomic mass is 10.1. The highest BCUT2D eigenvalue weighted by molar-refractivity contribution is 5.73. The smallest absolute Gasteiger partial charge is 0.0709 e. The van der Waals surface area contributed by atoms with Gasteiger partial charge in [-0.1, -0.05) is 18.2 Å². The van der Waals surface area contributed by atoms with E-state index in [4.69, 9.17) is 5.73 Å². The molecule has 0 aliphatic rings. The van der Waals surface area contributed by atoms with Crippen molar-refractivity contribution in [3.63, 3.8) is 0 Å². The fraction of sp³-hybridized carbons (Fsp3) is 0.308. The molecule has 0 fully saturated rings. The summed E-state index contributed by atoms with van der Waals surface area (Å²) in [4.78, 5) is 0. The largest absolute Gasteiger partial charge is 0.398 e. The normalized spacial score (nSPS) is 11.7. The van der Waals surface area contributed by atoms with Crippen molar-refractivity contribution < 1.29 is 0 Å². The van der Waals surface area contributed by atoms with Crippen molar-refractivity contribution in [3.05, 3.63) is 36.5 Å². The molecule has 0 aliphatic carbocycles. The fourth-order valence-corrected chi connectivity index (χ4v) is 1.77. The standard InChI is InChI=1S/C13H17N3/c1-13(2,3)16-12(8-9-15-16)10-6-4-5-7-11(10)14/h4-9H,14H2,1-3H3. The maximum Gasteiger partial charge on any atom is 0.0709 e. The summed E-state index contributed by atoms with van der Waals surface area (Å²) >= 11 is 0. The van der Waals surface area contributed by atoms with Crippen LogP contribution in [0, 0.1) is 0 Å². The molecular formula is C13H17N3. The van der Waals surface area contributed by atoms with Crippen LogP contribution < -0.4 is 5.73 Å². The highest BCUT2D eigenvalue weighted by Gasteiger charge is 2.18. The number of hydrogen-bond acceptors (Lipinski definition) is 2. The van der Waals surface area contributed by atoms with Crippen molar-refractivity contribution >= 4 is 5.69 Å². The molecule has 84 valence electrons. The number of nitrogens with zero attached hydrogens (tertiary/aromatic N) is 2. The van der Waals surface area contributed by atoms with Gasteiger partial charge in [0, 0.05) is 17.4 Å². The zero-order valence-corrected chi connectivity index (χ0v) is 9.94. The average molecular weight is 215 g/mol. The monoisotopic (exact) mass is 215 g/mol. The fourth-order valence-electron chi connectivity index (χ4n) is 1.77. The molecule has 3 nitrogen and oxygen atoms in total. The lowest BCUT2D eigenvalue weighted by Crippen LogP contribution is -2.24. The SMILES string of the molecule is CC(C)(C)n1nccc1-c1ccccc1N. The molecular weight excluding hydrogens is 198 g/mol. The van der Waals surface area contributed by atoms with E-state index in [0.29, 0.717) is 0 Å². The van der Waals surface area contributed by atoms with E-state index < -0.39 is 0 Å². The van der Waals surface area contributed by atoms with Gasteiger partial charge in [0.25, 0.3) is 0 Å². The van der Waals surface area contributed by atoms with Crippen molar-refractivity contribution in [3.8, 4) is 11.3 Å². The molecule has 0 unspecified atom stereocenters. The van der Waals surface area contributed by atoms with E-state index in [9.17, 15) is 0 Å². The van der Waals surface area contributed by atoms with E-state index in [0.717, 1.165) is 16.9 Å². The summed E-state index contributed by atoms with van der Waals surface area (Å²) in [5, 5.41) is 4.37. The Kier molecular flexibility index (Phi) is 2.46.